The third-order valence-corrected chi connectivity index (χ3v) is 1.59. The van der Waals surface area contributed by atoms with Crippen LogP contribution in [0, 0.1) is 13.8 Å². The number of rotatable bonds is 1. The van der Waals surface area contributed by atoms with E-state index in [4.69, 9.17) is 15.0 Å². The quantitative estimate of drug-likeness (QED) is 0.671. The Morgan fingerprint density at radius 3 is 1.86 bits per heavy atom. The predicted octanol–water partition coefficient (Wildman–Crippen LogP) is 1.50. The minimum absolute atomic E-state index is 0.150. The van der Waals surface area contributed by atoms with Crippen molar-refractivity contribution < 1.29 is 19.7 Å². The summed E-state index contributed by atoms with van der Waals surface area (Å²) in [6.45, 7) is 3.86. The van der Waals surface area contributed by atoms with Crippen LogP contribution in [0.4, 0.5) is 0 Å². The maximum atomic E-state index is 9.12. The molecule has 0 bridgehead atoms. The van der Waals surface area contributed by atoms with E-state index in [0.29, 0.717) is 12.0 Å². The first-order valence-electron chi connectivity index (χ1n) is 3.98. The zero-order valence-electron chi connectivity index (χ0n) is 8.44. The molecular weight excluding hydrogens is 184 g/mol. The van der Waals surface area contributed by atoms with Crippen LogP contribution in [0.5, 0.6) is 11.5 Å². The van der Waals surface area contributed by atoms with Gasteiger partial charge in [-0.15, -0.1) is 0 Å². The Balaban J connectivity index is 0.000000364. The highest BCUT2D eigenvalue weighted by molar-refractivity contribution is 5.44. The zero-order valence-corrected chi connectivity index (χ0v) is 8.44. The Bertz CT molecular complexity index is 284. The molecule has 78 valence electrons. The Morgan fingerprint density at radius 2 is 1.57 bits per heavy atom. The van der Waals surface area contributed by atoms with E-state index in [2.05, 4.69) is 4.74 Å². The van der Waals surface area contributed by atoms with E-state index in [1.54, 1.807) is 19.1 Å². The van der Waals surface area contributed by atoms with Crippen LogP contribution < -0.4 is 0 Å². The van der Waals surface area contributed by atoms with Gasteiger partial charge in [0.05, 0.1) is 7.11 Å². The van der Waals surface area contributed by atoms with Crippen molar-refractivity contribution in [3.8, 4) is 11.5 Å². The Kier molecular flexibility index (Phi) is 5.14. The molecule has 0 aromatic heterocycles. The topological polar surface area (TPSA) is 66.8 Å². The maximum Gasteiger partial charge on any atom is 0.292 e. The number of benzene rings is 1. The molecule has 2 N–H and O–H groups in total. The average Bonchev–Trinajstić information content (AvgIpc) is 2.14. The lowest BCUT2D eigenvalue weighted by Gasteiger charge is -2.01. The second-order valence-electron chi connectivity index (χ2n) is 2.76. The summed E-state index contributed by atoms with van der Waals surface area (Å²) in [5.74, 6) is 0.301. The van der Waals surface area contributed by atoms with Crippen LogP contribution in [0.15, 0.2) is 12.1 Å². The molecule has 4 nitrogen and oxygen atoms in total. The number of methoxy groups -OCH3 is 1. The molecule has 0 aliphatic heterocycles. The van der Waals surface area contributed by atoms with Crippen LogP contribution in [0.3, 0.4) is 0 Å². The van der Waals surface area contributed by atoms with Gasteiger partial charge in [-0.1, -0.05) is 0 Å². The summed E-state index contributed by atoms with van der Waals surface area (Å²) < 4.78 is 3.86. The number of ether oxygens (including phenoxy) is 1. The molecule has 0 aliphatic carbocycles. The third kappa shape index (κ3) is 3.80. The van der Waals surface area contributed by atoms with Crippen molar-refractivity contribution in [1.29, 1.82) is 0 Å². The summed E-state index contributed by atoms with van der Waals surface area (Å²) >= 11 is 0. The first kappa shape index (κ1) is 12.3. The van der Waals surface area contributed by atoms with Crippen molar-refractivity contribution in [2.45, 2.75) is 13.8 Å². The maximum absolute atomic E-state index is 9.12. The first-order valence-corrected chi connectivity index (χ1v) is 3.98. The first-order chi connectivity index (χ1) is 6.52. The summed E-state index contributed by atoms with van der Waals surface area (Å²) in [6.07, 6.45) is 0. The van der Waals surface area contributed by atoms with Gasteiger partial charge < -0.3 is 14.9 Å². The largest absolute Gasteiger partial charge is 0.508 e. The van der Waals surface area contributed by atoms with E-state index >= 15 is 0 Å². The molecule has 1 aromatic carbocycles. The fraction of sp³-hybridized carbons (Fsp3) is 0.300. The zero-order chi connectivity index (χ0) is 11.1. The van der Waals surface area contributed by atoms with Crippen molar-refractivity contribution >= 4 is 6.47 Å². The summed E-state index contributed by atoms with van der Waals surface area (Å²) in [5.41, 5.74) is 1.39. The van der Waals surface area contributed by atoms with E-state index in [1.165, 1.54) is 7.11 Å². The van der Waals surface area contributed by atoms with Crippen molar-refractivity contribution in [2.24, 2.45) is 0 Å². The molecule has 14 heavy (non-hydrogen) atoms. The number of aryl methyl sites for hydroxylation is 1. The molecule has 0 aliphatic rings. The van der Waals surface area contributed by atoms with Gasteiger partial charge >= 0.3 is 0 Å². The smallest absolute Gasteiger partial charge is 0.292 e. The second kappa shape index (κ2) is 5.85. The lowest BCUT2D eigenvalue weighted by Crippen LogP contribution is -1.78. The van der Waals surface area contributed by atoms with E-state index in [1.807, 2.05) is 6.92 Å². The Morgan fingerprint density at radius 1 is 1.21 bits per heavy atom. The van der Waals surface area contributed by atoms with Crippen LogP contribution in [0.1, 0.15) is 11.1 Å². The minimum Gasteiger partial charge on any atom is -0.508 e. The minimum atomic E-state index is 0.150. The van der Waals surface area contributed by atoms with Crippen LogP contribution in [0.25, 0.3) is 0 Å². The molecule has 0 heterocycles. The summed E-state index contributed by atoms with van der Waals surface area (Å²) in [5, 5.41) is 18.2. The number of carbonyl (C=O) groups excluding carboxylic acids is 1. The molecule has 0 radical (unpaired) electrons. The van der Waals surface area contributed by atoms with Gasteiger partial charge in [0.1, 0.15) is 11.5 Å². The molecule has 0 saturated carbocycles. The van der Waals surface area contributed by atoms with Crippen LogP contribution in [-0.2, 0) is 9.53 Å². The molecule has 0 saturated heterocycles. The van der Waals surface area contributed by atoms with E-state index < -0.39 is 0 Å². The number of aromatic hydroxyl groups is 2. The number of hydrogen-bond acceptors (Lipinski definition) is 4. The number of hydrogen-bond donors (Lipinski definition) is 2. The Hall–Kier alpha value is -1.71. The fourth-order valence-electron chi connectivity index (χ4n) is 0.821. The Labute approximate surface area is 82.8 Å². The van der Waals surface area contributed by atoms with Gasteiger partial charge in [0.25, 0.3) is 6.47 Å². The van der Waals surface area contributed by atoms with Crippen molar-refractivity contribution in [1.82, 2.24) is 0 Å². The molecule has 0 unspecified atom stereocenters. The van der Waals surface area contributed by atoms with Crippen LogP contribution in [-0.4, -0.2) is 23.8 Å². The van der Waals surface area contributed by atoms with Gasteiger partial charge in [-0.2, -0.15) is 0 Å². The molecule has 1 rings (SSSR count). The molecule has 4 heteroatoms. The van der Waals surface area contributed by atoms with E-state index in [9.17, 15) is 0 Å². The third-order valence-electron chi connectivity index (χ3n) is 1.59. The standard InChI is InChI=1S/C8H10O2.C2H4O2/c1-5-3-7(9)6(2)8(10)4-5;1-4-2-3/h3-4,9-10H,1-2H3;2H,1H3. The van der Waals surface area contributed by atoms with E-state index in [0.717, 1.165) is 5.56 Å². The van der Waals surface area contributed by atoms with Gasteiger partial charge in [0.2, 0.25) is 0 Å². The van der Waals surface area contributed by atoms with Crippen molar-refractivity contribution in [2.75, 3.05) is 7.11 Å². The average molecular weight is 198 g/mol. The summed E-state index contributed by atoms with van der Waals surface area (Å²) in [6, 6.07) is 3.24. The van der Waals surface area contributed by atoms with Crippen molar-refractivity contribution in [3.05, 3.63) is 23.3 Å². The van der Waals surface area contributed by atoms with E-state index in [-0.39, 0.29) is 11.5 Å². The lowest BCUT2D eigenvalue weighted by atomic mass is 10.1. The van der Waals surface area contributed by atoms with Gasteiger partial charge in [0.15, 0.2) is 0 Å². The van der Waals surface area contributed by atoms with Gasteiger partial charge in [-0.3, -0.25) is 4.79 Å². The fourth-order valence-corrected chi connectivity index (χ4v) is 0.821. The van der Waals surface area contributed by atoms with Crippen molar-refractivity contribution in [3.63, 3.8) is 0 Å². The monoisotopic (exact) mass is 198 g/mol. The van der Waals surface area contributed by atoms with Gasteiger partial charge in [-0.25, -0.2) is 0 Å². The highest BCUT2D eigenvalue weighted by Gasteiger charge is 2.01. The number of carbonyl (C=O) groups is 1. The van der Waals surface area contributed by atoms with Gasteiger partial charge in [-0.05, 0) is 31.5 Å². The predicted molar refractivity (Wildman–Crippen MR) is 52.3 cm³/mol. The lowest BCUT2D eigenvalue weighted by molar-refractivity contribution is -0.126. The normalized spacial score (nSPS) is 8.50. The molecule has 0 amide bonds. The molecule has 1 aromatic rings. The van der Waals surface area contributed by atoms with Crippen LogP contribution >= 0.6 is 0 Å². The highest BCUT2D eigenvalue weighted by atomic mass is 16.5. The number of phenolic OH excluding ortho intramolecular Hbond substituents is 2. The molecular formula is C10H14O4. The second-order valence-corrected chi connectivity index (χ2v) is 2.76. The highest BCUT2D eigenvalue weighted by Crippen LogP contribution is 2.26. The molecule has 0 fully saturated rings. The molecule has 0 spiro atoms. The SMILES string of the molecule is COC=O.Cc1cc(O)c(C)c(O)c1. The molecule has 0 atom stereocenters. The van der Waals surface area contributed by atoms with Crippen LogP contribution in [0.2, 0.25) is 0 Å². The van der Waals surface area contributed by atoms with Gasteiger partial charge in [0, 0.05) is 5.56 Å². The summed E-state index contributed by atoms with van der Waals surface area (Å²) in [4.78, 5) is 8.95. The summed E-state index contributed by atoms with van der Waals surface area (Å²) in [7, 11) is 1.31. The number of phenols is 2.